The van der Waals surface area contributed by atoms with Gasteiger partial charge in [-0.3, -0.25) is 24.6 Å². The van der Waals surface area contributed by atoms with Gasteiger partial charge in [0, 0.05) is 74.9 Å². The van der Waals surface area contributed by atoms with E-state index in [2.05, 4.69) is 40.1 Å². The number of aromatic nitrogens is 1. The molecule has 0 bridgehead atoms. The van der Waals surface area contributed by atoms with Crippen LogP contribution in [-0.4, -0.2) is 125 Å². The highest BCUT2D eigenvalue weighted by Crippen LogP contribution is 2.41. The molecule has 4 heterocycles. The van der Waals surface area contributed by atoms with Crippen molar-refractivity contribution in [3.63, 3.8) is 0 Å². The molecule has 5 rings (SSSR count). The van der Waals surface area contributed by atoms with Gasteiger partial charge in [0.15, 0.2) is 0 Å². The number of amides is 2. The molecule has 4 N–H and O–H groups in total. The average Bonchev–Trinajstić information content (AvgIpc) is 3.81. The van der Waals surface area contributed by atoms with Crippen LogP contribution in [0.5, 0.6) is 0 Å². The van der Waals surface area contributed by atoms with Gasteiger partial charge < -0.3 is 39.0 Å². The van der Waals surface area contributed by atoms with Crippen molar-refractivity contribution in [2.45, 2.75) is 129 Å². The van der Waals surface area contributed by atoms with Crippen LogP contribution in [0.1, 0.15) is 103 Å². The van der Waals surface area contributed by atoms with Crippen LogP contribution in [0.3, 0.4) is 0 Å². The summed E-state index contributed by atoms with van der Waals surface area (Å²) in [5.41, 5.74) is 7.09. The molecule has 1 aromatic carbocycles. The van der Waals surface area contributed by atoms with Crippen molar-refractivity contribution in [3.05, 3.63) is 53.4 Å². The van der Waals surface area contributed by atoms with E-state index in [1.807, 2.05) is 33.8 Å². The Kier molecular flexibility index (Phi) is 16.8. The van der Waals surface area contributed by atoms with E-state index >= 15 is 0 Å². The van der Waals surface area contributed by atoms with Gasteiger partial charge in [-0.15, -0.1) is 11.8 Å². The van der Waals surface area contributed by atoms with Crippen molar-refractivity contribution in [1.29, 1.82) is 0 Å². The van der Waals surface area contributed by atoms with Crippen molar-refractivity contribution in [1.82, 2.24) is 20.3 Å². The van der Waals surface area contributed by atoms with Gasteiger partial charge in [-0.2, -0.15) is 0 Å². The number of thioether (sulfide) groups is 1. The summed E-state index contributed by atoms with van der Waals surface area (Å²) >= 11 is 1.52. The van der Waals surface area contributed by atoms with E-state index in [1.165, 1.54) is 16.8 Å². The monoisotopic (exact) mass is 866 g/mol. The third-order valence-corrected chi connectivity index (χ3v) is 12.2. The van der Waals surface area contributed by atoms with Gasteiger partial charge in [-0.05, 0) is 95.4 Å². The van der Waals surface area contributed by atoms with E-state index < -0.39 is 41.1 Å². The van der Waals surface area contributed by atoms with E-state index in [1.54, 1.807) is 34.1 Å². The summed E-state index contributed by atoms with van der Waals surface area (Å²) in [5, 5.41) is 26.0. The lowest BCUT2D eigenvalue weighted by Crippen LogP contribution is -2.60. The number of aliphatic hydroxyl groups excluding tert-OH is 1. The minimum atomic E-state index is -1.05. The zero-order chi connectivity index (χ0) is 44.5. The van der Waals surface area contributed by atoms with E-state index in [0.29, 0.717) is 63.0 Å². The maximum Gasteiger partial charge on any atom is 0.408 e. The summed E-state index contributed by atoms with van der Waals surface area (Å²) in [4.78, 5) is 48.7. The second-order valence-electron chi connectivity index (χ2n) is 17.6. The standard InChI is InChI=1S/C45H66N6O9S/c1-10-31(39(46-11-2)28(3)57-9)40-33(25-45(7,8)27-52)32-23-29(14-15-37(32)50(40)19-22-59-30-16-20-58-21-17-30)36-26-61-38(47-36)24-35(48-43(56)60-44(4,5)6)41(53)51-18-12-13-34(49-51)42(54)55/h10-11,14-15,23,28,30,34-36,49,52H,1,12-13,16-22,24-27H2,2-9H3,(H,48,56)(H,54,55)/b39-31+,46-11-/t28-,34-,35-,36?/m0/s1. The van der Waals surface area contributed by atoms with Gasteiger partial charge in [0.2, 0.25) is 0 Å². The summed E-state index contributed by atoms with van der Waals surface area (Å²) in [6.45, 7) is 20.1. The highest BCUT2D eigenvalue weighted by Gasteiger charge is 2.36. The number of carbonyl (C=O) groups is 3. The molecule has 2 fully saturated rings. The fourth-order valence-corrected chi connectivity index (χ4v) is 8.97. The number of carboxylic acids is 1. The van der Waals surface area contributed by atoms with Crippen LogP contribution in [0.2, 0.25) is 0 Å². The number of methoxy groups -OCH3 is 1. The number of nitrogens with zero attached hydrogens (tertiary/aromatic N) is 4. The average molecular weight is 867 g/mol. The first-order chi connectivity index (χ1) is 29.0. The van der Waals surface area contributed by atoms with Crippen LogP contribution < -0.4 is 10.7 Å². The molecule has 336 valence electrons. The molecule has 3 aliphatic heterocycles. The first-order valence-corrected chi connectivity index (χ1v) is 22.3. The minimum Gasteiger partial charge on any atom is -0.480 e. The van der Waals surface area contributed by atoms with Gasteiger partial charge in [0.1, 0.15) is 17.7 Å². The third-order valence-electron chi connectivity index (χ3n) is 11.1. The van der Waals surface area contributed by atoms with Crippen LogP contribution in [0.25, 0.3) is 16.5 Å². The summed E-state index contributed by atoms with van der Waals surface area (Å²) in [5.74, 6) is -0.897. The molecular weight excluding hydrogens is 801 g/mol. The largest absolute Gasteiger partial charge is 0.480 e. The first-order valence-electron chi connectivity index (χ1n) is 21.3. The molecule has 0 saturated carbocycles. The number of aliphatic carboxylic acids is 1. The number of carbonyl (C=O) groups excluding carboxylic acids is 2. The highest BCUT2D eigenvalue weighted by atomic mass is 32.2. The van der Waals surface area contributed by atoms with Gasteiger partial charge in [0.05, 0.1) is 41.3 Å². The summed E-state index contributed by atoms with van der Waals surface area (Å²) < 4.78 is 25.6. The molecule has 0 spiro atoms. The molecule has 4 atom stereocenters. The fraction of sp³-hybridized carbons (Fsp3) is 0.622. The molecule has 0 radical (unpaired) electrons. The number of aliphatic hydroxyl groups is 1. The Morgan fingerprint density at radius 2 is 1.92 bits per heavy atom. The van der Waals surface area contributed by atoms with Gasteiger partial charge in [0.25, 0.3) is 5.91 Å². The normalized spacial score (nSPS) is 20.7. The number of alkyl carbamates (subject to hydrolysis) is 1. The Morgan fingerprint density at radius 3 is 2.56 bits per heavy atom. The smallest absolute Gasteiger partial charge is 0.408 e. The lowest BCUT2D eigenvalue weighted by molar-refractivity contribution is -0.147. The lowest BCUT2D eigenvalue weighted by atomic mass is 9.84. The molecule has 16 heteroatoms. The molecule has 2 saturated heterocycles. The SMILES string of the molecule is C=C/C(=C(\N=C/C)[C@H](C)OC)c1c(CC(C)(C)CO)c2cc(C3CSC(C[C@H](NC(=O)OC(C)(C)C)C(=O)N4CCC[C@@H](C(=O)O)N4)=N3)ccc2n1CCOC1CCOCC1. The van der Waals surface area contributed by atoms with Gasteiger partial charge in [-0.1, -0.05) is 32.6 Å². The number of hydrogen-bond acceptors (Lipinski definition) is 12. The molecule has 2 amide bonds. The Balaban J connectivity index is 1.56. The maximum atomic E-state index is 13.9. The second-order valence-corrected chi connectivity index (χ2v) is 18.7. The number of ether oxygens (including phenoxy) is 4. The molecule has 0 aliphatic carbocycles. The number of benzene rings is 1. The Bertz CT molecular complexity index is 1980. The molecule has 15 nitrogen and oxygen atoms in total. The Labute approximate surface area is 364 Å². The van der Waals surface area contributed by atoms with Crippen molar-refractivity contribution in [2.24, 2.45) is 15.4 Å². The number of carboxylic acid groups (broad SMARTS) is 1. The highest BCUT2D eigenvalue weighted by molar-refractivity contribution is 8.14. The summed E-state index contributed by atoms with van der Waals surface area (Å²) in [6, 6.07) is 4.18. The molecule has 2 aromatic rings. The van der Waals surface area contributed by atoms with Crippen LogP contribution in [0, 0.1) is 5.41 Å². The van der Waals surface area contributed by atoms with E-state index in [4.69, 9.17) is 28.9 Å². The zero-order valence-electron chi connectivity index (χ0n) is 37.1. The predicted octanol–water partition coefficient (Wildman–Crippen LogP) is 6.47. The second kappa shape index (κ2) is 21.3. The number of allylic oxidation sites excluding steroid dienone is 2. The van der Waals surface area contributed by atoms with Crippen LogP contribution in [0.4, 0.5) is 4.79 Å². The third kappa shape index (κ3) is 12.5. The molecule has 61 heavy (non-hydrogen) atoms. The lowest BCUT2D eigenvalue weighted by Gasteiger charge is -2.34. The van der Waals surface area contributed by atoms with E-state index in [-0.39, 0.29) is 31.3 Å². The summed E-state index contributed by atoms with van der Waals surface area (Å²) in [7, 11) is 1.66. The molecule has 1 unspecified atom stereocenters. The molecular formula is C45H66N6O9S. The maximum absolute atomic E-state index is 13.9. The predicted molar refractivity (Wildman–Crippen MR) is 240 cm³/mol. The zero-order valence-corrected chi connectivity index (χ0v) is 37.9. The number of rotatable bonds is 18. The van der Waals surface area contributed by atoms with Crippen molar-refractivity contribution >= 4 is 57.5 Å². The topological polar surface area (TPSA) is 186 Å². The molecule has 1 aromatic heterocycles. The minimum absolute atomic E-state index is 0.0265. The quantitative estimate of drug-likeness (QED) is 0.0951. The van der Waals surface area contributed by atoms with Gasteiger partial charge >= 0.3 is 12.1 Å². The van der Waals surface area contributed by atoms with Crippen molar-refractivity contribution < 1.29 is 43.5 Å². The van der Waals surface area contributed by atoms with Crippen molar-refractivity contribution in [3.8, 4) is 0 Å². The first kappa shape index (κ1) is 48.0. The van der Waals surface area contributed by atoms with Crippen LogP contribution in [0.15, 0.2) is 46.5 Å². The van der Waals surface area contributed by atoms with E-state index in [9.17, 15) is 24.6 Å². The number of nitrogens with one attached hydrogen (secondary N) is 2. The Morgan fingerprint density at radius 1 is 1.18 bits per heavy atom. The Hall–Kier alpha value is -4.06. The number of fused-ring (bicyclic) bond motifs is 1. The molecule has 3 aliphatic rings. The van der Waals surface area contributed by atoms with Crippen LogP contribution in [-0.2, 0) is 41.5 Å². The van der Waals surface area contributed by atoms with Crippen LogP contribution >= 0.6 is 11.8 Å². The number of hydrogen-bond donors (Lipinski definition) is 4. The van der Waals surface area contributed by atoms with E-state index in [0.717, 1.165) is 51.8 Å². The number of aliphatic imine (C=N–C) groups is 2. The summed E-state index contributed by atoms with van der Waals surface area (Å²) in [6.07, 6.45) is 5.89. The van der Waals surface area contributed by atoms with Gasteiger partial charge in [-0.25, -0.2) is 10.2 Å². The van der Waals surface area contributed by atoms with Crippen molar-refractivity contribution in [2.75, 3.05) is 45.8 Å². The number of hydrazine groups is 1. The fourth-order valence-electron chi connectivity index (χ4n) is 7.86.